The number of aliphatic hydroxyl groups excluding tert-OH is 1. The maximum Gasteiger partial charge on any atom is 0.150 e. The van der Waals surface area contributed by atoms with Crippen molar-refractivity contribution in [2.45, 2.75) is 18.7 Å². The van der Waals surface area contributed by atoms with Gasteiger partial charge in [-0.3, -0.25) is 4.90 Å². The Morgan fingerprint density at radius 2 is 1.97 bits per heavy atom. The molecule has 4 aromatic rings. The number of H-pyrrole nitrogens is 1. The van der Waals surface area contributed by atoms with Gasteiger partial charge in [0.2, 0.25) is 0 Å². The standard InChI is InChI=1S/C24H25N5O/c1-25-19-10-11-29(15-19)24(30)21-9-5-8-20(27-21)18-12-17-13-22(28-23(17)26-14-18)16-6-3-2-4-7-16/h2-9,12-14,19,24-25,30H,10-11,15H2,1H3,(H,26,28)/t19-,24?/m0/s1. The van der Waals surface area contributed by atoms with Crippen LogP contribution in [-0.2, 0) is 0 Å². The summed E-state index contributed by atoms with van der Waals surface area (Å²) in [7, 11) is 1.97. The number of nitrogens with zero attached hydrogens (tertiary/aromatic N) is 3. The Balaban J connectivity index is 1.43. The lowest BCUT2D eigenvalue weighted by molar-refractivity contribution is 0.0142. The molecule has 2 atom stereocenters. The van der Waals surface area contributed by atoms with Gasteiger partial charge in [0.25, 0.3) is 0 Å². The van der Waals surface area contributed by atoms with Crippen molar-refractivity contribution < 1.29 is 5.11 Å². The summed E-state index contributed by atoms with van der Waals surface area (Å²) >= 11 is 0. The predicted octanol–water partition coefficient (Wildman–Crippen LogP) is 3.58. The third kappa shape index (κ3) is 3.61. The Morgan fingerprint density at radius 1 is 1.10 bits per heavy atom. The first-order chi connectivity index (χ1) is 14.7. The van der Waals surface area contributed by atoms with Crippen LogP contribution in [0.3, 0.4) is 0 Å². The molecule has 0 bridgehead atoms. The number of likely N-dealkylation sites (N-methyl/N-ethyl adjacent to an activating group) is 1. The maximum atomic E-state index is 10.8. The molecule has 1 aliphatic heterocycles. The molecular weight excluding hydrogens is 374 g/mol. The zero-order valence-corrected chi connectivity index (χ0v) is 16.9. The summed E-state index contributed by atoms with van der Waals surface area (Å²) in [5, 5.41) is 15.1. The van der Waals surface area contributed by atoms with E-state index in [4.69, 9.17) is 4.98 Å². The molecule has 0 radical (unpaired) electrons. The number of fused-ring (bicyclic) bond motifs is 1. The Kier molecular flexibility index (Phi) is 5.04. The van der Waals surface area contributed by atoms with E-state index in [1.165, 1.54) is 0 Å². The number of hydrogen-bond acceptors (Lipinski definition) is 5. The van der Waals surface area contributed by atoms with E-state index in [-0.39, 0.29) is 0 Å². The number of aromatic nitrogens is 3. The Hall–Kier alpha value is -3.06. The first-order valence-electron chi connectivity index (χ1n) is 10.3. The molecule has 1 aromatic carbocycles. The molecule has 6 heteroatoms. The van der Waals surface area contributed by atoms with Crippen molar-refractivity contribution in [1.29, 1.82) is 0 Å². The molecule has 1 unspecified atom stereocenters. The van der Waals surface area contributed by atoms with E-state index in [0.717, 1.165) is 53.1 Å². The molecule has 6 nitrogen and oxygen atoms in total. The van der Waals surface area contributed by atoms with E-state index in [0.29, 0.717) is 11.7 Å². The number of likely N-dealkylation sites (tertiary alicyclic amines) is 1. The van der Waals surface area contributed by atoms with E-state index in [2.05, 4.69) is 44.5 Å². The van der Waals surface area contributed by atoms with Gasteiger partial charge in [-0.25, -0.2) is 9.97 Å². The van der Waals surface area contributed by atoms with Gasteiger partial charge >= 0.3 is 0 Å². The molecule has 152 valence electrons. The highest BCUT2D eigenvalue weighted by atomic mass is 16.3. The summed E-state index contributed by atoms with van der Waals surface area (Å²) in [4.78, 5) is 14.8. The van der Waals surface area contributed by atoms with Crippen LogP contribution in [0.4, 0.5) is 0 Å². The summed E-state index contributed by atoms with van der Waals surface area (Å²) < 4.78 is 0. The monoisotopic (exact) mass is 399 g/mol. The minimum absolute atomic E-state index is 0.418. The van der Waals surface area contributed by atoms with Crippen LogP contribution in [0.15, 0.2) is 66.9 Å². The van der Waals surface area contributed by atoms with E-state index < -0.39 is 6.23 Å². The number of nitrogens with one attached hydrogen (secondary N) is 2. The highest BCUT2D eigenvalue weighted by Gasteiger charge is 2.27. The molecule has 1 fully saturated rings. The smallest absolute Gasteiger partial charge is 0.150 e. The number of aliphatic hydroxyl groups is 1. The van der Waals surface area contributed by atoms with Gasteiger partial charge in [-0.15, -0.1) is 0 Å². The summed E-state index contributed by atoms with van der Waals surface area (Å²) in [6.45, 7) is 1.68. The van der Waals surface area contributed by atoms with Gasteiger partial charge in [0, 0.05) is 42.0 Å². The molecule has 0 amide bonds. The van der Waals surface area contributed by atoms with Gasteiger partial charge in [0.15, 0.2) is 6.23 Å². The maximum absolute atomic E-state index is 10.8. The minimum Gasteiger partial charge on any atom is -0.372 e. The molecule has 0 spiro atoms. The number of pyridine rings is 2. The topological polar surface area (TPSA) is 77.1 Å². The molecule has 3 aromatic heterocycles. The zero-order chi connectivity index (χ0) is 20.5. The molecule has 5 rings (SSSR count). The fraction of sp³-hybridized carbons (Fsp3) is 0.250. The molecule has 3 N–H and O–H groups in total. The van der Waals surface area contributed by atoms with Crippen LogP contribution in [0.1, 0.15) is 18.3 Å². The van der Waals surface area contributed by atoms with Crippen LogP contribution >= 0.6 is 0 Å². The van der Waals surface area contributed by atoms with Crippen LogP contribution in [-0.4, -0.2) is 51.1 Å². The van der Waals surface area contributed by atoms with Gasteiger partial charge in [0.05, 0.1) is 11.4 Å². The lowest BCUT2D eigenvalue weighted by Crippen LogP contribution is -2.32. The lowest BCUT2D eigenvalue weighted by atomic mass is 10.1. The largest absolute Gasteiger partial charge is 0.372 e. The van der Waals surface area contributed by atoms with E-state index in [1.807, 2.05) is 49.6 Å². The van der Waals surface area contributed by atoms with E-state index >= 15 is 0 Å². The van der Waals surface area contributed by atoms with Crippen LogP contribution in [0.2, 0.25) is 0 Å². The van der Waals surface area contributed by atoms with Crippen molar-refractivity contribution in [3.05, 3.63) is 72.6 Å². The molecular formula is C24H25N5O. The Morgan fingerprint density at radius 3 is 2.77 bits per heavy atom. The molecule has 0 saturated carbocycles. The zero-order valence-electron chi connectivity index (χ0n) is 16.9. The second-order valence-electron chi connectivity index (χ2n) is 7.80. The Labute approximate surface area is 175 Å². The van der Waals surface area contributed by atoms with Crippen molar-refractivity contribution in [3.63, 3.8) is 0 Å². The van der Waals surface area contributed by atoms with Crippen molar-refractivity contribution in [2.24, 2.45) is 0 Å². The number of aromatic amines is 1. The van der Waals surface area contributed by atoms with Crippen molar-refractivity contribution >= 4 is 11.0 Å². The predicted molar refractivity (Wildman–Crippen MR) is 119 cm³/mol. The average Bonchev–Trinajstić information content (AvgIpc) is 3.46. The van der Waals surface area contributed by atoms with Gasteiger partial charge in [-0.2, -0.15) is 0 Å². The molecule has 0 aliphatic carbocycles. The first-order valence-corrected chi connectivity index (χ1v) is 10.3. The summed E-state index contributed by atoms with van der Waals surface area (Å²) in [5.74, 6) is 0. The Bertz CT molecular complexity index is 1160. The highest BCUT2D eigenvalue weighted by molar-refractivity contribution is 5.86. The SMILES string of the molecule is CN[C@H]1CCN(C(O)c2cccc(-c3cnc4[nH]c(-c5ccccc5)cc4c3)n2)C1. The minimum atomic E-state index is -0.697. The second kappa shape index (κ2) is 7.99. The third-order valence-corrected chi connectivity index (χ3v) is 5.86. The average molecular weight is 399 g/mol. The van der Waals surface area contributed by atoms with Crippen LogP contribution < -0.4 is 5.32 Å². The van der Waals surface area contributed by atoms with Crippen molar-refractivity contribution in [3.8, 4) is 22.5 Å². The number of benzene rings is 1. The lowest BCUT2D eigenvalue weighted by Gasteiger charge is -2.22. The van der Waals surface area contributed by atoms with Crippen LogP contribution in [0.5, 0.6) is 0 Å². The second-order valence-corrected chi connectivity index (χ2v) is 7.80. The molecule has 1 saturated heterocycles. The quantitative estimate of drug-likeness (QED) is 0.478. The van der Waals surface area contributed by atoms with E-state index in [9.17, 15) is 5.11 Å². The molecule has 30 heavy (non-hydrogen) atoms. The third-order valence-electron chi connectivity index (χ3n) is 5.86. The van der Waals surface area contributed by atoms with Crippen molar-refractivity contribution in [2.75, 3.05) is 20.1 Å². The van der Waals surface area contributed by atoms with Crippen LogP contribution in [0.25, 0.3) is 33.5 Å². The normalized spacial score (nSPS) is 18.1. The number of rotatable bonds is 5. The van der Waals surface area contributed by atoms with Gasteiger partial charge in [0.1, 0.15) is 5.65 Å². The van der Waals surface area contributed by atoms with E-state index in [1.54, 1.807) is 0 Å². The molecule has 1 aliphatic rings. The van der Waals surface area contributed by atoms with Gasteiger partial charge in [-0.05, 0) is 43.3 Å². The first kappa shape index (κ1) is 18.9. The summed E-state index contributed by atoms with van der Waals surface area (Å²) in [5.41, 5.74) is 5.44. The van der Waals surface area contributed by atoms with Gasteiger partial charge < -0.3 is 15.4 Å². The number of hydrogen-bond donors (Lipinski definition) is 3. The van der Waals surface area contributed by atoms with Gasteiger partial charge in [-0.1, -0.05) is 36.4 Å². The van der Waals surface area contributed by atoms with Crippen molar-refractivity contribution in [1.82, 2.24) is 25.2 Å². The summed E-state index contributed by atoms with van der Waals surface area (Å²) in [6.07, 6.45) is 2.17. The summed E-state index contributed by atoms with van der Waals surface area (Å²) in [6, 6.07) is 20.6. The molecule has 4 heterocycles. The fourth-order valence-electron chi connectivity index (χ4n) is 4.12. The van der Waals surface area contributed by atoms with Crippen LogP contribution in [0, 0.1) is 0 Å². The fourth-order valence-corrected chi connectivity index (χ4v) is 4.12. The highest BCUT2D eigenvalue weighted by Crippen LogP contribution is 2.28.